The number of aliphatic hydroxyl groups is 1. The molecule has 1 N–H and O–H groups in total. The molecule has 0 spiro atoms. The molecule has 2 atom stereocenters. The minimum Gasteiger partial charge on any atom is -0.485 e. The van der Waals surface area contributed by atoms with Crippen molar-refractivity contribution in [1.82, 2.24) is 0 Å². The fraction of sp³-hybridized carbons (Fsp3) is 0.200. The van der Waals surface area contributed by atoms with E-state index in [1.54, 1.807) is 18.2 Å². The van der Waals surface area contributed by atoms with E-state index in [0.29, 0.717) is 27.8 Å². The van der Waals surface area contributed by atoms with E-state index in [9.17, 15) is 9.50 Å². The SMILES string of the molecule is OC1CC(c2ccc(Cl)c(Cl)c2)Oc2ccc(F)cc21. The second-order valence-electron chi connectivity index (χ2n) is 4.71. The van der Waals surface area contributed by atoms with Gasteiger partial charge in [0, 0.05) is 12.0 Å². The second-order valence-corrected chi connectivity index (χ2v) is 5.53. The minimum absolute atomic E-state index is 0.335. The molecule has 1 heterocycles. The summed E-state index contributed by atoms with van der Waals surface area (Å²) >= 11 is 11.9. The fourth-order valence-electron chi connectivity index (χ4n) is 2.33. The zero-order chi connectivity index (χ0) is 14.3. The Kier molecular flexibility index (Phi) is 3.59. The van der Waals surface area contributed by atoms with E-state index in [1.807, 2.05) is 0 Å². The third-order valence-corrected chi connectivity index (χ3v) is 4.09. The van der Waals surface area contributed by atoms with Gasteiger partial charge in [0.1, 0.15) is 17.7 Å². The van der Waals surface area contributed by atoms with E-state index in [-0.39, 0.29) is 11.9 Å². The van der Waals surface area contributed by atoms with Crippen molar-refractivity contribution in [2.45, 2.75) is 18.6 Å². The van der Waals surface area contributed by atoms with Gasteiger partial charge in [0.05, 0.1) is 16.1 Å². The third-order valence-electron chi connectivity index (χ3n) is 3.35. The van der Waals surface area contributed by atoms with Crippen molar-refractivity contribution in [3.05, 3.63) is 63.4 Å². The van der Waals surface area contributed by atoms with Crippen LogP contribution in [0.3, 0.4) is 0 Å². The number of benzene rings is 2. The zero-order valence-corrected chi connectivity index (χ0v) is 11.8. The Morgan fingerprint density at radius 2 is 1.90 bits per heavy atom. The predicted octanol–water partition coefficient (Wildman–Crippen LogP) is 4.69. The number of hydrogen-bond acceptors (Lipinski definition) is 2. The lowest BCUT2D eigenvalue weighted by Crippen LogP contribution is -2.19. The van der Waals surface area contributed by atoms with Crippen molar-refractivity contribution in [1.29, 1.82) is 0 Å². The summed E-state index contributed by atoms with van der Waals surface area (Å²) in [7, 11) is 0. The van der Waals surface area contributed by atoms with Gasteiger partial charge >= 0.3 is 0 Å². The van der Waals surface area contributed by atoms with Crippen molar-refractivity contribution < 1.29 is 14.2 Å². The minimum atomic E-state index is -0.770. The van der Waals surface area contributed by atoms with Gasteiger partial charge in [-0.2, -0.15) is 0 Å². The van der Waals surface area contributed by atoms with E-state index in [0.717, 1.165) is 5.56 Å². The maximum Gasteiger partial charge on any atom is 0.127 e. The lowest BCUT2D eigenvalue weighted by molar-refractivity contribution is 0.0653. The average molecular weight is 313 g/mol. The summed E-state index contributed by atoms with van der Waals surface area (Å²) in [5, 5.41) is 11.0. The van der Waals surface area contributed by atoms with E-state index in [2.05, 4.69) is 0 Å². The number of hydrogen-bond donors (Lipinski definition) is 1. The van der Waals surface area contributed by atoms with Crippen LogP contribution in [-0.4, -0.2) is 5.11 Å². The summed E-state index contributed by atoms with van der Waals surface area (Å²) < 4.78 is 19.0. The molecule has 0 amide bonds. The van der Waals surface area contributed by atoms with Crippen molar-refractivity contribution in [2.24, 2.45) is 0 Å². The molecule has 0 saturated carbocycles. The van der Waals surface area contributed by atoms with Gasteiger partial charge in [-0.05, 0) is 35.9 Å². The molecule has 1 aliphatic rings. The molecule has 20 heavy (non-hydrogen) atoms. The predicted molar refractivity (Wildman–Crippen MR) is 75.8 cm³/mol. The summed E-state index contributed by atoms with van der Waals surface area (Å²) in [6.45, 7) is 0. The van der Waals surface area contributed by atoms with Gasteiger partial charge in [0.15, 0.2) is 0 Å². The van der Waals surface area contributed by atoms with E-state index < -0.39 is 6.10 Å². The van der Waals surface area contributed by atoms with Crippen LogP contribution in [0, 0.1) is 5.82 Å². The zero-order valence-electron chi connectivity index (χ0n) is 10.3. The molecule has 2 nitrogen and oxygen atoms in total. The number of fused-ring (bicyclic) bond motifs is 1. The van der Waals surface area contributed by atoms with Crippen molar-refractivity contribution in [2.75, 3.05) is 0 Å². The molecular formula is C15H11Cl2FO2. The van der Waals surface area contributed by atoms with Gasteiger partial charge in [0.2, 0.25) is 0 Å². The Hall–Kier alpha value is -1.29. The lowest BCUT2D eigenvalue weighted by atomic mass is 9.95. The van der Waals surface area contributed by atoms with Crippen molar-refractivity contribution in [3.63, 3.8) is 0 Å². The standard InChI is InChI=1S/C15H11Cl2FO2/c16-11-3-1-8(5-12(11)17)15-7-13(19)10-6-9(18)2-4-14(10)20-15/h1-6,13,15,19H,7H2. The molecule has 0 aromatic heterocycles. The molecule has 5 heteroatoms. The highest BCUT2D eigenvalue weighted by Crippen LogP contribution is 2.41. The van der Waals surface area contributed by atoms with Crippen LogP contribution < -0.4 is 4.74 Å². The topological polar surface area (TPSA) is 29.5 Å². The molecule has 3 rings (SSSR count). The van der Waals surface area contributed by atoms with E-state index in [1.165, 1.54) is 18.2 Å². The monoisotopic (exact) mass is 312 g/mol. The summed E-state index contributed by atoms with van der Waals surface area (Å²) in [6.07, 6.45) is -0.763. The third kappa shape index (κ3) is 2.49. The van der Waals surface area contributed by atoms with Crippen LogP contribution in [0.15, 0.2) is 36.4 Å². The molecule has 0 saturated heterocycles. The summed E-state index contributed by atoms with van der Waals surface area (Å²) in [5.74, 6) is 0.0978. The highest BCUT2D eigenvalue weighted by atomic mass is 35.5. The smallest absolute Gasteiger partial charge is 0.127 e. The van der Waals surface area contributed by atoms with E-state index in [4.69, 9.17) is 27.9 Å². The lowest BCUT2D eigenvalue weighted by Gasteiger charge is -2.30. The quantitative estimate of drug-likeness (QED) is 0.827. The summed E-state index contributed by atoms with van der Waals surface area (Å²) in [4.78, 5) is 0. The molecule has 0 aliphatic carbocycles. The Bertz CT molecular complexity index is 660. The first kappa shape index (κ1) is 13.7. The molecule has 0 fully saturated rings. The first-order chi connectivity index (χ1) is 9.54. The highest BCUT2D eigenvalue weighted by molar-refractivity contribution is 6.42. The number of rotatable bonds is 1. The molecule has 2 aromatic rings. The van der Waals surface area contributed by atoms with Crippen LogP contribution in [0.4, 0.5) is 4.39 Å². The molecule has 0 radical (unpaired) electrons. The van der Waals surface area contributed by atoms with Crippen LogP contribution in [0.2, 0.25) is 10.0 Å². The first-order valence-corrected chi connectivity index (χ1v) is 6.89. The second kappa shape index (κ2) is 5.24. The van der Waals surface area contributed by atoms with Gasteiger partial charge in [-0.15, -0.1) is 0 Å². The van der Waals surface area contributed by atoms with Gasteiger partial charge < -0.3 is 9.84 Å². The summed E-state index contributed by atoms with van der Waals surface area (Å²) in [6, 6.07) is 9.34. The van der Waals surface area contributed by atoms with Crippen LogP contribution in [-0.2, 0) is 0 Å². The van der Waals surface area contributed by atoms with Crippen LogP contribution in [0.25, 0.3) is 0 Å². The Morgan fingerprint density at radius 1 is 1.10 bits per heavy atom. The van der Waals surface area contributed by atoms with E-state index >= 15 is 0 Å². The fourth-order valence-corrected chi connectivity index (χ4v) is 2.64. The average Bonchev–Trinajstić information content (AvgIpc) is 2.42. The van der Waals surface area contributed by atoms with Crippen molar-refractivity contribution in [3.8, 4) is 5.75 Å². The first-order valence-electron chi connectivity index (χ1n) is 6.13. The Balaban J connectivity index is 1.94. The normalized spacial score (nSPS) is 21.2. The molecule has 0 bridgehead atoms. The highest BCUT2D eigenvalue weighted by Gasteiger charge is 2.28. The van der Waals surface area contributed by atoms with Crippen LogP contribution >= 0.6 is 23.2 Å². The number of halogens is 3. The van der Waals surface area contributed by atoms with Gasteiger partial charge in [-0.3, -0.25) is 0 Å². The van der Waals surface area contributed by atoms with Gasteiger partial charge in [-0.25, -0.2) is 4.39 Å². The Labute approximate surface area is 125 Å². The molecule has 1 aliphatic heterocycles. The van der Waals surface area contributed by atoms with Crippen LogP contribution in [0.5, 0.6) is 5.75 Å². The molecule has 2 aromatic carbocycles. The molecule has 2 unspecified atom stereocenters. The number of ether oxygens (including phenoxy) is 1. The molecule has 104 valence electrons. The van der Waals surface area contributed by atoms with Gasteiger partial charge in [0.25, 0.3) is 0 Å². The molecular weight excluding hydrogens is 302 g/mol. The maximum absolute atomic E-state index is 13.2. The van der Waals surface area contributed by atoms with Gasteiger partial charge in [-0.1, -0.05) is 29.3 Å². The van der Waals surface area contributed by atoms with Crippen molar-refractivity contribution >= 4 is 23.2 Å². The van der Waals surface area contributed by atoms with Crippen LogP contribution in [0.1, 0.15) is 29.8 Å². The maximum atomic E-state index is 13.2. The largest absolute Gasteiger partial charge is 0.485 e. The number of aliphatic hydroxyl groups excluding tert-OH is 1. The summed E-state index contributed by atoms with van der Waals surface area (Å²) in [5.41, 5.74) is 1.30. The Morgan fingerprint density at radius 3 is 2.65 bits per heavy atom.